The lowest BCUT2D eigenvalue weighted by atomic mass is 10.2. The van der Waals surface area contributed by atoms with E-state index >= 15 is 0 Å². The molecular weight excluding hydrogens is 264 g/mol. The summed E-state index contributed by atoms with van der Waals surface area (Å²) in [6, 6.07) is 2.95. The highest BCUT2D eigenvalue weighted by Gasteiger charge is 2.37. The molecule has 0 bridgehead atoms. The number of methoxy groups -OCH3 is 1. The number of thioether (sulfide) groups is 1. The third-order valence-corrected chi connectivity index (χ3v) is 3.79. The summed E-state index contributed by atoms with van der Waals surface area (Å²) in [5.41, 5.74) is 1.31. The van der Waals surface area contributed by atoms with E-state index in [1.54, 1.807) is 35.0 Å². The molecule has 102 valence electrons. The Morgan fingerprint density at radius 1 is 1.63 bits per heavy atom. The van der Waals surface area contributed by atoms with Crippen molar-refractivity contribution in [1.82, 2.24) is 9.88 Å². The second-order valence-corrected chi connectivity index (χ2v) is 5.24. The maximum atomic E-state index is 12.3. The van der Waals surface area contributed by atoms with Gasteiger partial charge < -0.3 is 9.64 Å². The highest BCUT2D eigenvalue weighted by molar-refractivity contribution is 7.98. The molecule has 5 nitrogen and oxygen atoms in total. The summed E-state index contributed by atoms with van der Waals surface area (Å²) in [5, 5.41) is 0. The van der Waals surface area contributed by atoms with Crippen molar-refractivity contribution in [3.05, 3.63) is 29.6 Å². The van der Waals surface area contributed by atoms with E-state index in [0.29, 0.717) is 18.5 Å². The molecule has 0 aliphatic carbocycles. The summed E-state index contributed by atoms with van der Waals surface area (Å²) < 4.78 is 4.81. The Morgan fingerprint density at radius 3 is 3.05 bits per heavy atom. The van der Waals surface area contributed by atoms with Gasteiger partial charge in [0.15, 0.2) is 0 Å². The van der Waals surface area contributed by atoms with Gasteiger partial charge in [0.05, 0.1) is 24.9 Å². The molecule has 0 N–H and O–H groups in total. The summed E-state index contributed by atoms with van der Waals surface area (Å²) in [6.07, 6.45) is 4.22. The number of aromatic nitrogens is 1. The normalized spacial score (nSPS) is 15.3. The van der Waals surface area contributed by atoms with Crippen molar-refractivity contribution in [2.75, 3.05) is 19.1 Å². The number of pyridine rings is 1. The van der Waals surface area contributed by atoms with Crippen LogP contribution in [0.1, 0.15) is 22.5 Å². The first kappa shape index (κ1) is 13.9. The average molecular weight is 280 g/mol. The van der Waals surface area contributed by atoms with Crippen molar-refractivity contribution in [3.63, 3.8) is 0 Å². The minimum absolute atomic E-state index is 0.139. The Bertz CT molecular complexity index is 493. The third-order valence-electron chi connectivity index (χ3n) is 3.15. The SMILES string of the molecule is COC(=O)[C@@H](CCSC)N1Cc2ncccc2C1=O. The highest BCUT2D eigenvalue weighted by Crippen LogP contribution is 2.24. The zero-order valence-electron chi connectivity index (χ0n) is 11.0. The van der Waals surface area contributed by atoms with Gasteiger partial charge in [-0.15, -0.1) is 0 Å². The monoisotopic (exact) mass is 280 g/mol. The van der Waals surface area contributed by atoms with Crippen LogP contribution >= 0.6 is 11.8 Å². The molecule has 1 aromatic rings. The van der Waals surface area contributed by atoms with Gasteiger partial charge in [0.1, 0.15) is 6.04 Å². The molecule has 1 atom stereocenters. The van der Waals surface area contributed by atoms with Gasteiger partial charge in [-0.25, -0.2) is 4.79 Å². The topological polar surface area (TPSA) is 59.5 Å². The van der Waals surface area contributed by atoms with Crippen molar-refractivity contribution in [3.8, 4) is 0 Å². The lowest BCUT2D eigenvalue weighted by Gasteiger charge is -2.25. The predicted molar refractivity (Wildman–Crippen MR) is 72.9 cm³/mol. The number of esters is 1. The number of hydrogen-bond acceptors (Lipinski definition) is 5. The van der Waals surface area contributed by atoms with E-state index in [1.165, 1.54) is 7.11 Å². The van der Waals surface area contributed by atoms with Gasteiger partial charge in [-0.05, 0) is 30.6 Å². The van der Waals surface area contributed by atoms with Crippen LogP contribution in [-0.2, 0) is 16.1 Å². The molecule has 0 radical (unpaired) electrons. The van der Waals surface area contributed by atoms with Gasteiger partial charge >= 0.3 is 5.97 Å². The van der Waals surface area contributed by atoms with E-state index < -0.39 is 6.04 Å². The molecule has 0 spiro atoms. The molecule has 0 saturated carbocycles. The number of rotatable bonds is 5. The maximum absolute atomic E-state index is 12.3. The van der Waals surface area contributed by atoms with Crippen LogP contribution < -0.4 is 0 Å². The molecule has 19 heavy (non-hydrogen) atoms. The molecule has 0 saturated heterocycles. The molecule has 2 heterocycles. The number of fused-ring (bicyclic) bond motifs is 1. The minimum atomic E-state index is -0.529. The number of amides is 1. The van der Waals surface area contributed by atoms with Crippen LogP contribution in [0.4, 0.5) is 0 Å². The Labute approximate surface area is 116 Å². The minimum Gasteiger partial charge on any atom is -0.467 e. The quantitative estimate of drug-likeness (QED) is 0.762. The molecule has 0 aromatic carbocycles. The number of ether oxygens (including phenoxy) is 1. The predicted octanol–water partition coefficient (Wildman–Crippen LogP) is 1.33. The summed E-state index contributed by atoms with van der Waals surface area (Å²) in [6.45, 7) is 0.378. The molecule has 1 aromatic heterocycles. The van der Waals surface area contributed by atoms with Crippen molar-refractivity contribution in [2.45, 2.75) is 19.0 Å². The average Bonchev–Trinajstić information content (AvgIpc) is 2.77. The smallest absolute Gasteiger partial charge is 0.328 e. The van der Waals surface area contributed by atoms with Gasteiger partial charge in [-0.2, -0.15) is 11.8 Å². The Hall–Kier alpha value is -1.56. The summed E-state index contributed by atoms with van der Waals surface area (Å²) in [5.74, 6) is 0.294. The van der Waals surface area contributed by atoms with Gasteiger partial charge in [0.25, 0.3) is 5.91 Å². The Morgan fingerprint density at radius 2 is 2.42 bits per heavy atom. The van der Waals surface area contributed by atoms with Crippen LogP contribution in [0.25, 0.3) is 0 Å². The first-order valence-corrected chi connectivity index (χ1v) is 7.40. The largest absolute Gasteiger partial charge is 0.467 e. The van der Waals surface area contributed by atoms with Gasteiger partial charge in [0, 0.05) is 6.20 Å². The van der Waals surface area contributed by atoms with Crippen molar-refractivity contribution < 1.29 is 14.3 Å². The van der Waals surface area contributed by atoms with E-state index in [0.717, 1.165) is 11.4 Å². The van der Waals surface area contributed by atoms with Gasteiger partial charge in [0.2, 0.25) is 0 Å². The zero-order valence-corrected chi connectivity index (χ0v) is 11.8. The standard InChI is InChI=1S/C13H16N2O3S/c1-18-13(17)11(5-7-19-2)15-8-10-9(12(15)16)4-3-6-14-10/h3-4,6,11H,5,7-8H2,1-2H3/t11-/m1/s1. The Kier molecular flexibility index (Phi) is 4.42. The summed E-state index contributed by atoms with van der Waals surface area (Å²) in [4.78, 5) is 29.9. The molecule has 2 rings (SSSR count). The molecule has 1 aliphatic heterocycles. The fourth-order valence-electron chi connectivity index (χ4n) is 2.16. The zero-order chi connectivity index (χ0) is 13.8. The van der Waals surface area contributed by atoms with Crippen molar-refractivity contribution in [2.24, 2.45) is 0 Å². The van der Waals surface area contributed by atoms with Crippen molar-refractivity contribution in [1.29, 1.82) is 0 Å². The van der Waals surface area contributed by atoms with Crippen molar-refractivity contribution >= 4 is 23.6 Å². The summed E-state index contributed by atoms with van der Waals surface area (Å²) >= 11 is 1.64. The maximum Gasteiger partial charge on any atom is 0.328 e. The fourth-order valence-corrected chi connectivity index (χ4v) is 2.62. The molecule has 0 unspecified atom stereocenters. The fraction of sp³-hybridized carbons (Fsp3) is 0.462. The number of carbonyl (C=O) groups is 2. The second kappa shape index (κ2) is 6.06. The highest BCUT2D eigenvalue weighted by atomic mass is 32.2. The van der Waals surface area contributed by atoms with Crippen LogP contribution in [0, 0.1) is 0 Å². The van der Waals surface area contributed by atoms with E-state index in [4.69, 9.17) is 4.74 Å². The second-order valence-electron chi connectivity index (χ2n) is 4.25. The molecule has 0 fully saturated rings. The van der Waals surface area contributed by atoms with Crippen LogP contribution in [0.5, 0.6) is 0 Å². The first-order valence-electron chi connectivity index (χ1n) is 6.00. The van der Waals surface area contributed by atoms with Crippen LogP contribution in [0.2, 0.25) is 0 Å². The van der Waals surface area contributed by atoms with Crippen LogP contribution in [-0.4, -0.2) is 46.9 Å². The Balaban J connectivity index is 2.20. The van der Waals surface area contributed by atoms with E-state index in [1.807, 2.05) is 6.26 Å². The van der Waals surface area contributed by atoms with Gasteiger partial charge in [-0.3, -0.25) is 9.78 Å². The number of carbonyl (C=O) groups excluding carboxylic acids is 2. The molecule has 6 heteroatoms. The van der Waals surface area contributed by atoms with E-state index in [9.17, 15) is 9.59 Å². The molecular formula is C13H16N2O3S. The third kappa shape index (κ3) is 2.73. The summed E-state index contributed by atoms with van der Waals surface area (Å²) in [7, 11) is 1.35. The lowest BCUT2D eigenvalue weighted by molar-refractivity contribution is -0.146. The molecule has 1 amide bonds. The van der Waals surface area contributed by atoms with E-state index in [2.05, 4.69) is 4.98 Å². The molecule has 1 aliphatic rings. The van der Waals surface area contributed by atoms with Crippen LogP contribution in [0.3, 0.4) is 0 Å². The number of nitrogens with zero attached hydrogens (tertiary/aromatic N) is 2. The lowest BCUT2D eigenvalue weighted by Crippen LogP contribution is -2.42. The van der Waals surface area contributed by atoms with Gasteiger partial charge in [-0.1, -0.05) is 0 Å². The van der Waals surface area contributed by atoms with E-state index in [-0.39, 0.29) is 11.9 Å². The van der Waals surface area contributed by atoms with Crippen LogP contribution in [0.15, 0.2) is 18.3 Å². The first-order chi connectivity index (χ1) is 9.19. The number of hydrogen-bond donors (Lipinski definition) is 0.